The lowest BCUT2D eigenvalue weighted by atomic mass is 9.94. The van der Waals surface area contributed by atoms with Crippen molar-refractivity contribution in [1.29, 1.82) is 0 Å². The Morgan fingerprint density at radius 3 is 2.82 bits per heavy atom. The number of hydrogen-bond acceptors (Lipinski definition) is 4. The van der Waals surface area contributed by atoms with Crippen molar-refractivity contribution in [1.82, 2.24) is 4.90 Å². The molecule has 1 saturated heterocycles. The van der Waals surface area contributed by atoms with Gasteiger partial charge in [0.2, 0.25) is 0 Å². The first kappa shape index (κ1) is 18.9. The molecule has 1 aliphatic rings. The Balaban J connectivity index is 1.90. The van der Waals surface area contributed by atoms with Gasteiger partial charge >= 0.3 is 5.97 Å². The number of methoxy groups -OCH3 is 1. The summed E-state index contributed by atoms with van der Waals surface area (Å²) >= 11 is 1.62. The van der Waals surface area contributed by atoms with Gasteiger partial charge < -0.3 is 9.84 Å². The van der Waals surface area contributed by atoms with E-state index in [1.807, 2.05) is 29.2 Å². The topological polar surface area (TPSA) is 49.8 Å². The fraction of sp³-hybridized carbons (Fsp3) is 0.318. The molecule has 2 aromatic carbocycles. The van der Waals surface area contributed by atoms with E-state index in [0.29, 0.717) is 24.3 Å². The number of aliphatic carboxylic acids is 1. The third-order valence-corrected chi connectivity index (χ3v) is 6.53. The molecule has 0 saturated carbocycles. The van der Waals surface area contributed by atoms with Crippen molar-refractivity contribution in [3.05, 3.63) is 64.8 Å². The minimum absolute atomic E-state index is 0.356. The molecule has 1 aromatic heterocycles. The highest BCUT2D eigenvalue weighted by molar-refractivity contribution is 7.19. The Bertz CT molecular complexity index is 969. The van der Waals surface area contributed by atoms with Gasteiger partial charge in [-0.3, -0.25) is 9.69 Å². The summed E-state index contributed by atoms with van der Waals surface area (Å²) in [4.78, 5) is 15.0. The van der Waals surface area contributed by atoms with Gasteiger partial charge in [-0.05, 0) is 55.1 Å². The lowest BCUT2D eigenvalue weighted by molar-refractivity contribution is -0.145. The standard InChI is InChI=1S/C22H22FNO3S/c1-27-18-10-9-15(23)13-16(18)21(24-11-5-4-7-17(24)22(25)26)20-12-14-6-2-3-8-19(14)28-20/h2-3,6,8-10,12-13,17,21H,4-5,7,11H2,1H3,(H,25,26). The molecule has 28 heavy (non-hydrogen) atoms. The number of piperidine rings is 1. The van der Waals surface area contributed by atoms with Crippen molar-refractivity contribution in [2.45, 2.75) is 31.3 Å². The smallest absolute Gasteiger partial charge is 0.320 e. The zero-order valence-electron chi connectivity index (χ0n) is 15.6. The third kappa shape index (κ3) is 3.50. The molecule has 3 aromatic rings. The van der Waals surface area contributed by atoms with E-state index < -0.39 is 12.0 Å². The number of nitrogens with zero attached hydrogens (tertiary/aromatic N) is 1. The highest BCUT2D eigenvalue weighted by Crippen LogP contribution is 2.42. The van der Waals surface area contributed by atoms with Gasteiger partial charge in [-0.15, -0.1) is 11.3 Å². The van der Waals surface area contributed by atoms with Crippen molar-refractivity contribution < 1.29 is 19.0 Å². The predicted molar refractivity (Wildman–Crippen MR) is 109 cm³/mol. The van der Waals surface area contributed by atoms with Crippen LogP contribution in [0.5, 0.6) is 5.75 Å². The number of ether oxygens (including phenoxy) is 1. The normalized spacial score (nSPS) is 18.9. The van der Waals surface area contributed by atoms with Crippen LogP contribution >= 0.6 is 11.3 Å². The van der Waals surface area contributed by atoms with Crippen LogP contribution in [0.2, 0.25) is 0 Å². The van der Waals surface area contributed by atoms with Crippen LogP contribution in [0, 0.1) is 5.82 Å². The number of thiophene rings is 1. The van der Waals surface area contributed by atoms with Crippen molar-refractivity contribution >= 4 is 27.4 Å². The minimum Gasteiger partial charge on any atom is -0.496 e. The van der Waals surface area contributed by atoms with Crippen LogP contribution in [-0.4, -0.2) is 35.7 Å². The Labute approximate surface area is 167 Å². The summed E-state index contributed by atoms with van der Waals surface area (Å²) in [6, 6.07) is 13.6. The molecule has 0 aliphatic carbocycles. The van der Waals surface area contributed by atoms with Crippen LogP contribution < -0.4 is 4.74 Å². The van der Waals surface area contributed by atoms with Crippen molar-refractivity contribution in [3.63, 3.8) is 0 Å². The van der Waals surface area contributed by atoms with Crippen LogP contribution in [0.15, 0.2) is 48.5 Å². The van der Waals surface area contributed by atoms with Gasteiger partial charge in [0.15, 0.2) is 0 Å². The van der Waals surface area contributed by atoms with E-state index in [4.69, 9.17) is 4.74 Å². The largest absolute Gasteiger partial charge is 0.496 e. The molecule has 4 nitrogen and oxygen atoms in total. The maximum Gasteiger partial charge on any atom is 0.320 e. The molecule has 0 spiro atoms. The van der Waals surface area contributed by atoms with Crippen LogP contribution in [0.25, 0.3) is 10.1 Å². The number of carbonyl (C=O) groups is 1. The Morgan fingerprint density at radius 1 is 1.25 bits per heavy atom. The number of fused-ring (bicyclic) bond motifs is 1. The van der Waals surface area contributed by atoms with E-state index in [1.54, 1.807) is 24.5 Å². The molecule has 2 unspecified atom stereocenters. The summed E-state index contributed by atoms with van der Waals surface area (Å²) in [7, 11) is 1.56. The molecule has 1 N–H and O–H groups in total. The lowest BCUT2D eigenvalue weighted by Crippen LogP contribution is -2.46. The number of rotatable bonds is 5. The Hall–Kier alpha value is -2.44. The molecule has 1 aliphatic heterocycles. The van der Waals surface area contributed by atoms with Crippen LogP contribution in [0.4, 0.5) is 4.39 Å². The average Bonchev–Trinajstić information content (AvgIpc) is 3.12. The monoisotopic (exact) mass is 399 g/mol. The van der Waals surface area contributed by atoms with Crippen LogP contribution in [0.1, 0.15) is 35.7 Å². The first-order valence-corrected chi connectivity index (χ1v) is 10.2. The van der Waals surface area contributed by atoms with Gasteiger partial charge in [0.25, 0.3) is 0 Å². The van der Waals surface area contributed by atoms with Gasteiger partial charge in [-0.2, -0.15) is 0 Å². The first-order valence-electron chi connectivity index (χ1n) is 9.39. The molecule has 0 radical (unpaired) electrons. The quantitative estimate of drug-likeness (QED) is 0.650. The van der Waals surface area contributed by atoms with Crippen molar-refractivity contribution in [2.75, 3.05) is 13.7 Å². The Morgan fingerprint density at radius 2 is 2.07 bits per heavy atom. The van der Waals surface area contributed by atoms with Gasteiger partial charge in [-0.25, -0.2) is 4.39 Å². The molecule has 6 heteroatoms. The van der Waals surface area contributed by atoms with Gasteiger partial charge in [0.1, 0.15) is 17.6 Å². The van der Waals surface area contributed by atoms with E-state index in [-0.39, 0.29) is 11.9 Å². The van der Waals surface area contributed by atoms with Gasteiger partial charge in [-0.1, -0.05) is 24.6 Å². The fourth-order valence-corrected chi connectivity index (χ4v) is 5.28. The Kier molecular flexibility index (Phi) is 5.33. The number of halogens is 1. The minimum atomic E-state index is -0.832. The van der Waals surface area contributed by atoms with E-state index in [1.165, 1.54) is 12.1 Å². The zero-order valence-corrected chi connectivity index (χ0v) is 16.4. The second-order valence-corrected chi connectivity index (χ2v) is 8.18. The second-order valence-electron chi connectivity index (χ2n) is 7.06. The summed E-state index contributed by atoms with van der Waals surface area (Å²) in [5, 5.41) is 10.9. The van der Waals surface area contributed by atoms with Crippen molar-refractivity contribution in [2.24, 2.45) is 0 Å². The zero-order chi connectivity index (χ0) is 19.7. The van der Waals surface area contributed by atoms with Crippen molar-refractivity contribution in [3.8, 4) is 5.75 Å². The van der Waals surface area contributed by atoms with E-state index in [0.717, 1.165) is 27.8 Å². The summed E-state index contributed by atoms with van der Waals surface area (Å²) in [5.74, 6) is -0.620. The number of benzene rings is 2. The fourth-order valence-electron chi connectivity index (χ4n) is 4.08. The summed E-state index contributed by atoms with van der Waals surface area (Å²) in [6.07, 6.45) is 2.39. The third-order valence-electron chi connectivity index (χ3n) is 5.36. The molecule has 2 atom stereocenters. The number of carboxylic acids is 1. The van der Waals surface area contributed by atoms with E-state index in [2.05, 4.69) is 6.07 Å². The van der Waals surface area contributed by atoms with Crippen LogP contribution in [0.3, 0.4) is 0 Å². The maximum absolute atomic E-state index is 14.2. The molecule has 0 amide bonds. The first-order chi connectivity index (χ1) is 13.6. The molecule has 2 heterocycles. The maximum atomic E-state index is 14.2. The van der Waals surface area contributed by atoms with E-state index >= 15 is 0 Å². The number of hydrogen-bond donors (Lipinski definition) is 1. The predicted octanol–water partition coefficient (Wildman–Crippen LogP) is 5.08. The molecule has 0 bridgehead atoms. The molecule has 146 valence electrons. The number of carboxylic acid groups (broad SMARTS) is 1. The van der Waals surface area contributed by atoms with Gasteiger partial charge in [0, 0.05) is 15.1 Å². The number of likely N-dealkylation sites (tertiary alicyclic amines) is 1. The summed E-state index contributed by atoms with van der Waals surface area (Å²) in [5.41, 5.74) is 0.669. The SMILES string of the molecule is COc1ccc(F)cc1C(c1cc2ccccc2s1)N1CCCCC1C(=O)O. The molecular formula is C22H22FNO3S. The molecular weight excluding hydrogens is 377 g/mol. The lowest BCUT2D eigenvalue weighted by Gasteiger charge is -2.39. The van der Waals surface area contributed by atoms with Gasteiger partial charge in [0.05, 0.1) is 13.2 Å². The average molecular weight is 399 g/mol. The summed E-state index contributed by atoms with van der Waals surface area (Å²) in [6.45, 7) is 0.648. The highest BCUT2D eigenvalue weighted by Gasteiger charge is 2.37. The second kappa shape index (κ2) is 7.89. The molecule has 1 fully saturated rings. The van der Waals surface area contributed by atoms with E-state index in [9.17, 15) is 14.3 Å². The highest BCUT2D eigenvalue weighted by atomic mass is 32.1. The van der Waals surface area contributed by atoms with Crippen LogP contribution in [-0.2, 0) is 4.79 Å². The summed E-state index contributed by atoms with van der Waals surface area (Å²) < 4.78 is 20.9. The molecule has 4 rings (SSSR count).